The van der Waals surface area contributed by atoms with Crippen molar-refractivity contribution in [3.8, 4) is 0 Å². The van der Waals surface area contributed by atoms with Crippen molar-refractivity contribution in [1.29, 1.82) is 0 Å². The Morgan fingerprint density at radius 3 is 2.18 bits per heavy atom. The summed E-state index contributed by atoms with van der Waals surface area (Å²) >= 11 is 1.07. The maximum atomic E-state index is 13.9. The van der Waals surface area contributed by atoms with Crippen LogP contribution in [-0.4, -0.2) is 37.0 Å². The van der Waals surface area contributed by atoms with Gasteiger partial charge in [0, 0.05) is 47.2 Å². The monoisotopic (exact) mass is 482 g/mol. The molecule has 0 aromatic heterocycles. The smallest absolute Gasteiger partial charge is 0.368 e. The molecule has 7 heteroatoms. The molecule has 3 nitrogen and oxygen atoms in total. The number of aryl methyl sites for hydroxylation is 1. The minimum absolute atomic E-state index is 0.0751. The van der Waals surface area contributed by atoms with E-state index < -0.39 is 11.7 Å². The van der Waals surface area contributed by atoms with Crippen molar-refractivity contribution in [2.75, 3.05) is 31.1 Å². The van der Waals surface area contributed by atoms with Crippen molar-refractivity contribution in [3.05, 3.63) is 96.1 Å². The summed E-state index contributed by atoms with van der Waals surface area (Å²) < 4.78 is 41.7. The topological polar surface area (TPSA) is 23.6 Å². The van der Waals surface area contributed by atoms with E-state index in [9.17, 15) is 18.0 Å². The molecule has 0 bridgehead atoms. The van der Waals surface area contributed by atoms with Crippen LogP contribution in [0, 0.1) is 6.92 Å². The first kappa shape index (κ1) is 24.0. The highest BCUT2D eigenvalue weighted by molar-refractivity contribution is 7.99. The Balaban J connectivity index is 1.50. The van der Waals surface area contributed by atoms with Crippen molar-refractivity contribution < 1.29 is 18.0 Å². The van der Waals surface area contributed by atoms with Crippen LogP contribution in [0.2, 0.25) is 0 Å². The molecule has 1 aliphatic rings. The highest BCUT2D eigenvalue weighted by Gasteiger charge is 2.35. The van der Waals surface area contributed by atoms with E-state index in [1.165, 1.54) is 6.07 Å². The standard InChI is InChI=1S/C27H25F3N2OS/c1-19-8-6-7-11-24(19)34-25-13-12-21(18-23(25)27(28,29)30)20(2)26(33)32-16-14-31(15-17-32)22-9-4-3-5-10-22/h3-13,18H,2,14-17H2,1H3. The predicted octanol–water partition coefficient (Wildman–Crippen LogP) is 6.53. The summed E-state index contributed by atoms with van der Waals surface area (Å²) in [6.45, 7) is 8.00. The molecule has 0 spiro atoms. The molecular formula is C27H25F3N2OS. The molecule has 1 saturated heterocycles. The molecule has 1 heterocycles. The van der Waals surface area contributed by atoms with E-state index in [-0.39, 0.29) is 21.9 Å². The molecule has 1 aliphatic heterocycles. The van der Waals surface area contributed by atoms with Gasteiger partial charge in [0.25, 0.3) is 5.91 Å². The molecule has 3 aromatic carbocycles. The van der Waals surface area contributed by atoms with E-state index in [1.807, 2.05) is 49.4 Å². The fourth-order valence-corrected chi connectivity index (χ4v) is 4.97. The number of hydrogen-bond donors (Lipinski definition) is 0. The van der Waals surface area contributed by atoms with Gasteiger partial charge in [-0.15, -0.1) is 0 Å². The van der Waals surface area contributed by atoms with E-state index in [0.717, 1.165) is 34.0 Å². The van der Waals surface area contributed by atoms with Gasteiger partial charge >= 0.3 is 6.18 Å². The van der Waals surface area contributed by atoms with Gasteiger partial charge in [-0.25, -0.2) is 0 Å². The largest absolute Gasteiger partial charge is 0.417 e. The lowest BCUT2D eigenvalue weighted by Crippen LogP contribution is -2.49. The first-order valence-corrected chi connectivity index (χ1v) is 11.8. The van der Waals surface area contributed by atoms with Crippen LogP contribution in [0.5, 0.6) is 0 Å². The molecule has 0 radical (unpaired) electrons. The zero-order valence-corrected chi connectivity index (χ0v) is 19.6. The zero-order valence-electron chi connectivity index (χ0n) is 18.8. The number of nitrogens with zero attached hydrogens (tertiary/aromatic N) is 2. The first-order valence-electron chi connectivity index (χ1n) is 11.0. The average Bonchev–Trinajstić information content (AvgIpc) is 2.85. The van der Waals surface area contributed by atoms with Crippen molar-refractivity contribution in [2.45, 2.75) is 22.9 Å². The number of hydrogen-bond acceptors (Lipinski definition) is 3. The number of carbonyl (C=O) groups is 1. The number of piperazine rings is 1. The molecule has 0 aliphatic carbocycles. The van der Waals surface area contributed by atoms with Gasteiger partial charge in [0.1, 0.15) is 0 Å². The Bertz CT molecular complexity index is 1190. The van der Waals surface area contributed by atoms with Crippen molar-refractivity contribution in [3.63, 3.8) is 0 Å². The molecule has 1 fully saturated rings. The Labute approximate surface area is 201 Å². The summed E-state index contributed by atoms with van der Waals surface area (Å²) in [5.74, 6) is -0.333. The summed E-state index contributed by atoms with van der Waals surface area (Å²) in [6.07, 6.45) is -4.55. The van der Waals surface area contributed by atoms with Crippen LogP contribution in [0.1, 0.15) is 16.7 Å². The third-order valence-corrected chi connectivity index (χ3v) is 7.15. The van der Waals surface area contributed by atoms with Crippen LogP contribution in [0.3, 0.4) is 0 Å². The molecule has 4 rings (SSSR count). The van der Waals surface area contributed by atoms with Crippen molar-refractivity contribution in [2.24, 2.45) is 0 Å². The molecule has 0 N–H and O–H groups in total. The molecule has 0 atom stereocenters. The van der Waals surface area contributed by atoms with E-state index in [0.29, 0.717) is 26.2 Å². The van der Waals surface area contributed by atoms with Crippen LogP contribution in [0.25, 0.3) is 5.57 Å². The number of benzene rings is 3. The third kappa shape index (κ3) is 5.30. The minimum atomic E-state index is -4.55. The van der Waals surface area contributed by atoms with Gasteiger partial charge in [0.2, 0.25) is 0 Å². The van der Waals surface area contributed by atoms with Crippen LogP contribution < -0.4 is 4.90 Å². The normalized spacial score (nSPS) is 14.2. The first-order chi connectivity index (χ1) is 16.2. The lowest BCUT2D eigenvalue weighted by atomic mass is 10.0. The number of para-hydroxylation sites is 1. The van der Waals surface area contributed by atoms with Gasteiger partial charge in [-0.3, -0.25) is 4.79 Å². The number of carbonyl (C=O) groups excluding carboxylic acids is 1. The number of amides is 1. The minimum Gasteiger partial charge on any atom is -0.368 e. The fourth-order valence-electron chi connectivity index (χ4n) is 3.94. The maximum absolute atomic E-state index is 13.9. The lowest BCUT2D eigenvalue weighted by molar-refractivity contribution is -0.139. The van der Waals surface area contributed by atoms with Gasteiger partial charge in [-0.05, 0) is 48.4 Å². The quantitative estimate of drug-likeness (QED) is 0.387. The third-order valence-electron chi connectivity index (χ3n) is 5.89. The number of halogens is 3. The van der Waals surface area contributed by atoms with Gasteiger partial charge in [-0.2, -0.15) is 13.2 Å². The fraction of sp³-hybridized carbons (Fsp3) is 0.222. The average molecular weight is 483 g/mol. The second-order valence-corrected chi connectivity index (χ2v) is 9.25. The molecule has 3 aromatic rings. The predicted molar refractivity (Wildman–Crippen MR) is 131 cm³/mol. The summed E-state index contributed by atoms with van der Waals surface area (Å²) in [5, 5.41) is 0. The Kier molecular flexibility index (Phi) is 7.03. The Morgan fingerprint density at radius 2 is 1.53 bits per heavy atom. The van der Waals surface area contributed by atoms with Crippen LogP contribution in [0.15, 0.2) is 89.2 Å². The van der Waals surface area contributed by atoms with Crippen LogP contribution >= 0.6 is 11.8 Å². The van der Waals surface area contributed by atoms with Gasteiger partial charge < -0.3 is 9.80 Å². The highest BCUT2D eigenvalue weighted by Crippen LogP contribution is 2.41. The van der Waals surface area contributed by atoms with Crippen molar-refractivity contribution in [1.82, 2.24) is 4.90 Å². The van der Waals surface area contributed by atoms with E-state index in [2.05, 4.69) is 11.5 Å². The zero-order chi connectivity index (χ0) is 24.3. The maximum Gasteiger partial charge on any atom is 0.417 e. The van der Waals surface area contributed by atoms with Crippen LogP contribution in [-0.2, 0) is 11.0 Å². The SMILES string of the molecule is C=C(C(=O)N1CCN(c2ccccc2)CC1)c1ccc(Sc2ccccc2C)c(C(F)(F)F)c1. The molecule has 0 unspecified atom stereocenters. The Morgan fingerprint density at radius 1 is 0.882 bits per heavy atom. The lowest BCUT2D eigenvalue weighted by Gasteiger charge is -2.36. The summed E-state index contributed by atoms with van der Waals surface area (Å²) in [6, 6.07) is 21.3. The number of alkyl halides is 3. The van der Waals surface area contributed by atoms with E-state index >= 15 is 0 Å². The molecular weight excluding hydrogens is 457 g/mol. The molecule has 34 heavy (non-hydrogen) atoms. The molecule has 0 saturated carbocycles. The summed E-state index contributed by atoms with van der Waals surface area (Å²) in [7, 11) is 0. The van der Waals surface area contributed by atoms with Gasteiger partial charge in [0.15, 0.2) is 0 Å². The summed E-state index contributed by atoms with van der Waals surface area (Å²) in [4.78, 5) is 17.7. The van der Waals surface area contributed by atoms with Gasteiger partial charge in [-0.1, -0.05) is 60.8 Å². The van der Waals surface area contributed by atoms with E-state index in [4.69, 9.17) is 0 Å². The molecule has 1 amide bonds. The van der Waals surface area contributed by atoms with Crippen molar-refractivity contribution >= 4 is 28.9 Å². The second-order valence-electron chi connectivity index (χ2n) is 8.17. The number of anilines is 1. The highest BCUT2D eigenvalue weighted by atomic mass is 32.2. The van der Waals surface area contributed by atoms with E-state index in [1.54, 1.807) is 23.1 Å². The second kappa shape index (κ2) is 9.97. The van der Waals surface area contributed by atoms with Gasteiger partial charge in [0.05, 0.1) is 5.56 Å². The Hall–Kier alpha value is -3.19. The van der Waals surface area contributed by atoms with Crippen LogP contribution in [0.4, 0.5) is 18.9 Å². The summed E-state index contributed by atoms with van der Waals surface area (Å²) in [5.41, 5.74) is 1.49. The molecule has 176 valence electrons. The number of rotatable bonds is 5.